The molecule has 0 spiro atoms. The zero-order valence-electron chi connectivity index (χ0n) is 15.8. The quantitative estimate of drug-likeness (QED) is 0.572. The van der Waals surface area contributed by atoms with Crippen molar-refractivity contribution >= 4 is 11.4 Å². The molecule has 3 rings (SSSR count). The Bertz CT molecular complexity index is 691. The summed E-state index contributed by atoms with van der Waals surface area (Å²) in [6.45, 7) is 9.37. The Balaban J connectivity index is 2.00. The number of anilines is 2. The Morgan fingerprint density at radius 3 is 1.60 bits per heavy atom. The highest BCUT2D eigenvalue weighted by atomic mass is 15.1. The molecule has 2 aromatic carbocycles. The molecule has 25 heavy (non-hydrogen) atoms. The van der Waals surface area contributed by atoms with E-state index >= 15 is 0 Å². The van der Waals surface area contributed by atoms with Gasteiger partial charge in [0, 0.05) is 17.1 Å². The van der Waals surface area contributed by atoms with E-state index in [-0.39, 0.29) is 5.41 Å². The molecule has 1 heteroatoms. The lowest BCUT2D eigenvalue weighted by Crippen LogP contribution is -2.33. The van der Waals surface area contributed by atoms with Gasteiger partial charge in [-0.3, -0.25) is 0 Å². The molecule has 130 valence electrons. The number of rotatable bonds is 5. The minimum atomic E-state index is 0.253. The molecule has 1 aliphatic carbocycles. The number of para-hydroxylation sites is 2. The van der Waals surface area contributed by atoms with E-state index < -0.39 is 0 Å². The summed E-state index contributed by atoms with van der Waals surface area (Å²) in [5.41, 5.74) is 3.91. The highest BCUT2D eigenvalue weighted by molar-refractivity contribution is 5.70. The first-order chi connectivity index (χ1) is 12.0. The van der Waals surface area contributed by atoms with Crippen molar-refractivity contribution in [1.82, 2.24) is 0 Å². The maximum Gasteiger partial charge on any atom is 0.0461 e. The van der Waals surface area contributed by atoms with Crippen molar-refractivity contribution in [1.29, 1.82) is 0 Å². The van der Waals surface area contributed by atoms with Crippen molar-refractivity contribution in [3.8, 4) is 0 Å². The maximum atomic E-state index is 2.45. The fraction of sp³-hybridized carbons (Fsp3) is 0.333. The molecule has 0 N–H and O–H groups in total. The van der Waals surface area contributed by atoms with E-state index in [1.54, 1.807) is 0 Å². The average molecular weight is 332 g/mol. The number of benzene rings is 2. The van der Waals surface area contributed by atoms with Gasteiger partial charge in [-0.2, -0.15) is 0 Å². The van der Waals surface area contributed by atoms with Gasteiger partial charge in [0.05, 0.1) is 0 Å². The standard InChI is InChI=1S/C24H29N/c1-19(2)24(20(3)4)17-15-23(16-18-24)25(21-11-7-5-8-12-21)22-13-9-6-10-14-22/h5-17,19-20H,18H2,1-4H3. The fourth-order valence-electron chi connectivity index (χ4n) is 3.95. The van der Waals surface area contributed by atoms with Crippen molar-refractivity contribution in [3.05, 3.63) is 84.6 Å². The Kier molecular flexibility index (Phi) is 5.13. The summed E-state index contributed by atoms with van der Waals surface area (Å²) in [4.78, 5) is 2.35. The minimum Gasteiger partial charge on any atom is -0.311 e. The van der Waals surface area contributed by atoms with Crippen LogP contribution < -0.4 is 4.90 Å². The minimum absolute atomic E-state index is 0.253. The molecular formula is C24H29N. The third-order valence-corrected chi connectivity index (χ3v) is 5.67. The van der Waals surface area contributed by atoms with E-state index in [1.807, 2.05) is 0 Å². The molecule has 2 aromatic rings. The van der Waals surface area contributed by atoms with Crippen LogP contribution in [0.1, 0.15) is 34.1 Å². The van der Waals surface area contributed by atoms with E-state index in [0.29, 0.717) is 11.8 Å². The SMILES string of the molecule is CC(C)C1(C(C)C)C=CC(N(c2ccccc2)c2ccccc2)=CC1. The predicted octanol–water partition coefficient (Wildman–Crippen LogP) is 6.97. The molecule has 0 saturated heterocycles. The van der Waals surface area contributed by atoms with Crippen molar-refractivity contribution in [2.75, 3.05) is 4.90 Å². The molecule has 0 atom stereocenters. The Morgan fingerprint density at radius 2 is 1.24 bits per heavy atom. The Hall–Kier alpha value is -2.28. The molecule has 0 unspecified atom stereocenters. The third-order valence-electron chi connectivity index (χ3n) is 5.67. The highest BCUT2D eigenvalue weighted by Crippen LogP contribution is 2.45. The normalized spacial score (nSPS) is 16.2. The van der Waals surface area contributed by atoms with Crippen LogP contribution in [0, 0.1) is 17.3 Å². The summed E-state index contributed by atoms with van der Waals surface area (Å²) >= 11 is 0. The summed E-state index contributed by atoms with van der Waals surface area (Å²) in [5.74, 6) is 1.26. The predicted molar refractivity (Wildman–Crippen MR) is 109 cm³/mol. The third kappa shape index (κ3) is 3.42. The first-order valence-corrected chi connectivity index (χ1v) is 9.34. The molecule has 0 radical (unpaired) electrons. The van der Waals surface area contributed by atoms with Gasteiger partial charge >= 0.3 is 0 Å². The van der Waals surface area contributed by atoms with Crippen LogP contribution in [-0.2, 0) is 0 Å². The second kappa shape index (κ2) is 7.31. The average Bonchev–Trinajstić information content (AvgIpc) is 2.64. The van der Waals surface area contributed by atoms with E-state index in [4.69, 9.17) is 0 Å². The largest absolute Gasteiger partial charge is 0.311 e. The molecule has 0 aliphatic heterocycles. The van der Waals surface area contributed by atoms with Crippen LogP contribution in [0.15, 0.2) is 84.6 Å². The zero-order chi connectivity index (χ0) is 17.9. The van der Waals surface area contributed by atoms with Crippen molar-refractivity contribution in [2.24, 2.45) is 17.3 Å². The van der Waals surface area contributed by atoms with Crippen LogP contribution >= 0.6 is 0 Å². The van der Waals surface area contributed by atoms with Gasteiger partial charge < -0.3 is 4.90 Å². The van der Waals surface area contributed by atoms with E-state index in [2.05, 4.69) is 111 Å². The van der Waals surface area contributed by atoms with Crippen molar-refractivity contribution in [2.45, 2.75) is 34.1 Å². The summed E-state index contributed by atoms with van der Waals surface area (Å²) < 4.78 is 0. The van der Waals surface area contributed by atoms with Gasteiger partial charge in [-0.25, -0.2) is 0 Å². The smallest absolute Gasteiger partial charge is 0.0461 e. The van der Waals surface area contributed by atoms with Crippen molar-refractivity contribution < 1.29 is 0 Å². The highest BCUT2D eigenvalue weighted by Gasteiger charge is 2.35. The van der Waals surface area contributed by atoms with Crippen molar-refractivity contribution in [3.63, 3.8) is 0 Å². The van der Waals surface area contributed by atoms with Gasteiger partial charge in [-0.15, -0.1) is 0 Å². The molecule has 0 aromatic heterocycles. The van der Waals surface area contributed by atoms with Gasteiger partial charge in [0.1, 0.15) is 0 Å². The number of hydrogen-bond acceptors (Lipinski definition) is 1. The second-order valence-corrected chi connectivity index (χ2v) is 7.59. The van der Waals surface area contributed by atoms with E-state index in [1.165, 1.54) is 17.1 Å². The topological polar surface area (TPSA) is 3.24 Å². The monoisotopic (exact) mass is 331 g/mol. The van der Waals surface area contributed by atoms with Gasteiger partial charge in [0.2, 0.25) is 0 Å². The van der Waals surface area contributed by atoms with Crippen LogP contribution in [0.5, 0.6) is 0 Å². The molecule has 0 bridgehead atoms. The Morgan fingerprint density at radius 1 is 0.760 bits per heavy atom. The van der Waals surface area contributed by atoms with Gasteiger partial charge in [0.25, 0.3) is 0 Å². The molecular weight excluding hydrogens is 302 g/mol. The first-order valence-electron chi connectivity index (χ1n) is 9.34. The van der Waals surface area contributed by atoms with Crippen LogP contribution in [0.3, 0.4) is 0 Å². The molecule has 1 nitrogen and oxygen atoms in total. The molecule has 0 saturated carbocycles. The van der Waals surface area contributed by atoms with E-state index in [9.17, 15) is 0 Å². The summed E-state index contributed by atoms with van der Waals surface area (Å²) in [5, 5.41) is 0. The molecule has 1 aliphatic rings. The van der Waals surface area contributed by atoms with Gasteiger partial charge in [-0.1, -0.05) is 76.2 Å². The van der Waals surface area contributed by atoms with E-state index in [0.717, 1.165) is 6.42 Å². The lowest BCUT2D eigenvalue weighted by Gasteiger charge is -2.41. The zero-order valence-corrected chi connectivity index (χ0v) is 15.8. The summed E-state index contributed by atoms with van der Waals surface area (Å²) in [6, 6.07) is 21.2. The fourth-order valence-corrected chi connectivity index (χ4v) is 3.95. The van der Waals surface area contributed by atoms with Gasteiger partial charge in [0.15, 0.2) is 0 Å². The summed E-state index contributed by atoms with van der Waals surface area (Å²) in [6.07, 6.45) is 8.28. The Labute approximate surface area is 152 Å². The number of hydrogen-bond donors (Lipinski definition) is 0. The van der Waals surface area contributed by atoms with Crippen LogP contribution in [0.4, 0.5) is 11.4 Å². The molecule has 0 amide bonds. The van der Waals surface area contributed by atoms with Crippen LogP contribution in [0.25, 0.3) is 0 Å². The second-order valence-electron chi connectivity index (χ2n) is 7.59. The number of nitrogens with zero attached hydrogens (tertiary/aromatic N) is 1. The lowest BCUT2D eigenvalue weighted by molar-refractivity contribution is 0.180. The summed E-state index contributed by atoms with van der Waals surface area (Å²) in [7, 11) is 0. The molecule has 0 fully saturated rings. The first kappa shape index (κ1) is 17.5. The lowest BCUT2D eigenvalue weighted by atomic mass is 9.65. The number of allylic oxidation sites excluding steroid dienone is 3. The van der Waals surface area contributed by atoms with Gasteiger partial charge in [-0.05, 0) is 54.0 Å². The van der Waals surface area contributed by atoms with Crippen LogP contribution in [-0.4, -0.2) is 0 Å². The maximum absolute atomic E-state index is 2.45. The van der Waals surface area contributed by atoms with Crippen LogP contribution in [0.2, 0.25) is 0 Å². The molecule has 0 heterocycles.